The summed E-state index contributed by atoms with van der Waals surface area (Å²) in [6, 6.07) is 7.58. The fourth-order valence-corrected chi connectivity index (χ4v) is 1.93. The van der Waals surface area contributed by atoms with Crippen molar-refractivity contribution in [3.63, 3.8) is 0 Å². The molecule has 0 aliphatic heterocycles. The predicted octanol–water partition coefficient (Wildman–Crippen LogP) is 2.53. The van der Waals surface area contributed by atoms with E-state index in [0.717, 1.165) is 15.6 Å². The zero-order chi connectivity index (χ0) is 11.3. The Morgan fingerprint density at radius 1 is 1.40 bits per heavy atom. The lowest BCUT2D eigenvalue weighted by Crippen LogP contribution is -2.00. The van der Waals surface area contributed by atoms with Crippen molar-refractivity contribution in [3.05, 3.63) is 33.8 Å². The maximum absolute atomic E-state index is 10.5. The minimum absolute atomic E-state index is 0.0129. The highest BCUT2D eigenvalue weighted by atomic mass is 79.9. The fraction of sp³-hybridized carbons (Fsp3) is 0.273. The number of carbonyl (C=O) groups is 1. The first-order chi connectivity index (χ1) is 7.11. The number of hydrogen-bond acceptors (Lipinski definition) is 2. The summed E-state index contributed by atoms with van der Waals surface area (Å²) in [6.07, 6.45) is 1.12. The molecular weight excluding hydrogens is 258 g/mol. The Balaban J connectivity index is 2.85. The predicted molar refractivity (Wildman–Crippen MR) is 59.4 cm³/mol. The minimum Gasteiger partial charge on any atom is -0.481 e. The number of hydrogen-bond donors (Lipinski definition) is 1. The second-order valence-corrected chi connectivity index (χ2v) is 4.11. The van der Waals surface area contributed by atoms with Crippen molar-refractivity contribution in [3.8, 4) is 6.07 Å². The lowest BCUT2D eigenvalue weighted by molar-refractivity contribution is -0.136. The van der Waals surface area contributed by atoms with E-state index in [4.69, 9.17) is 10.4 Å². The van der Waals surface area contributed by atoms with E-state index in [9.17, 15) is 4.79 Å². The van der Waals surface area contributed by atoms with E-state index in [1.54, 1.807) is 6.07 Å². The van der Waals surface area contributed by atoms with Crippen LogP contribution in [0.1, 0.15) is 17.5 Å². The molecule has 0 bridgehead atoms. The monoisotopic (exact) mass is 267 g/mol. The van der Waals surface area contributed by atoms with Gasteiger partial charge in [0.25, 0.3) is 0 Å². The molecular formula is C11H10BrNO2. The summed E-state index contributed by atoms with van der Waals surface area (Å²) in [5.41, 5.74) is 1.74. The minimum atomic E-state index is -0.848. The second-order valence-electron chi connectivity index (χ2n) is 3.20. The lowest BCUT2D eigenvalue weighted by atomic mass is 10.1. The molecule has 0 unspecified atom stereocenters. The summed E-state index contributed by atoms with van der Waals surface area (Å²) in [5, 5.41) is 17.1. The van der Waals surface area contributed by atoms with E-state index in [0.29, 0.717) is 12.8 Å². The first-order valence-corrected chi connectivity index (χ1v) is 5.28. The highest BCUT2D eigenvalue weighted by Crippen LogP contribution is 2.17. The number of carboxylic acid groups (broad SMARTS) is 1. The molecule has 0 amide bonds. The Hall–Kier alpha value is -1.34. The van der Waals surface area contributed by atoms with Gasteiger partial charge in [-0.1, -0.05) is 22.0 Å². The van der Waals surface area contributed by atoms with Crippen molar-refractivity contribution in [2.24, 2.45) is 0 Å². The fourth-order valence-electron chi connectivity index (χ4n) is 1.34. The van der Waals surface area contributed by atoms with Gasteiger partial charge in [-0.25, -0.2) is 0 Å². The standard InChI is InChI=1S/C11H10BrNO2/c12-10-5-8(2-1-3-13)4-9(6-10)7-11(14)15/h4-6H,1-2,7H2,(H,14,15). The highest BCUT2D eigenvalue weighted by molar-refractivity contribution is 9.10. The quantitative estimate of drug-likeness (QED) is 0.912. The molecule has 1 N–H and O–H groups in total. The van der Waals surface area contributed by atoms with E-state index < -0.39 is 5.97 Å². The lowest BCUT2D eigenvalue weighted by Gasteiger charge is -2.03. The third kappa shape index (κ3) is 4.13. The zero-order valence-corrected chi connectivity index (χ0v) is 9.62. The maximum atomic E-state index is 10.5. The van der Waals surface area contributed by atoms with Crippen LogP contribution in [0.15, 0.2) is 22.7 Å². The molecule has 1 rings (SSSR count). The van der Waals surface area contributed by atoms with Crippen LogP contribution in [0.25, 0.3) is 0 Å². The molecule has 0 aliphatic carbocycles. The molecule has 0 saturated heterocycles. The van der Waals surface area contributed by atoms with Crippen LogP contribution in [0.4, 0.5) is 0 Å². The Kier molecular flexibility index (Phi) is 4.32. The molecule has 3 nitrogen and oxygen atoms in total. The summed E-state index contributed by atoms with van der Waals surface area (Å²) >= 11 is 3.32. The molecule has 0 aliphatic rings. The van der Waals surface area contributed by atoms with Gasteiger partial charge in [0, 0.05) is 10.9 Å². The van der Waals surface area contributed by atoms with Crippen molar-refractivity contribution in [2.75, 3.05) is 0 Å². The summed E-state index contributed by atoms with van der Waals surface area (Å²) in [6.45, 7) is 0. The van der Waals surface area contributed by atoms with Gasteiger partial charge in [0.1, 0.15) is 0 Å². The SMILES string of the molecule is N#CCCc1cc(Br)cc(CC(=O)O)c1. The number of nitrogens with zero attached hydrogens (tertiary/aromatic N) is 1. The van der Waals surface area contributed by atoms with Gasteiger partial charge in [-0.15, -0.1) is 0 Å². The van der Waals surface area contributed by atoms with Crippen molar-refractivity contribution in [2.45, 2.75) is 19.3 Å². The van der Waals surface area contributed by atoms with Crippen LogP contribution in [0, 0.1) is 11.3 Å². The van der Waals surface area contributed by atoms with Crippen molar-refractivity contribution in [1.29, 1.82) is 5.26 Å². The van der Waals surface area contributed by atoms with Gasteiger partial charge >= 0.3 is 5.97 Å². The molecule has 0 fully saturated rings. The largest absolute Gasteiger partial charge is 0.481 e. The molecule has 4 heteroatoms. The van der Waals surface area contributed by atoms with E-state index in [1.165, 1.54) is 0 Å². The normalized spacial score (nSPS) is 9.60. The van der Waals surface area contributed by atoms with Crippen molar-refractivity contribution in [1.82, 2.24) is 0 Å². The number of rotatable bonds is 4. The Morgan fingerprint density at radius 2 is 2.07 bits per heavy atom. The summed E-state index contributed by atoms with van der Waals surface area (Å²) in [4.78, 5) is 10.5. The third-order valence-electron chi connectivity index (χ3n) is 1.90. The molecule has 1 aromatic rings. The molecule has 0 heterocycles. The zero-order valence-electron chi connectivity index (χ0n) is 8.03. The molecule has 0 radical (unpaired) electrons. The first-order valence-electron chi connectivity index (χ1n) is 4.49. The van der Waals surface area contributed by atoms with Gasteiger partial charge in [-0.2, -0.15) is 5.26 Å². The van der Waals surface area contributed by atoms with Gasteiger partial charge in [-0.05, 0) is 29.7 Å². The average molecular weight is 268 g/mol. The number of aliphatic carboxylic acids is 1. The molecule has 78 valence electrons. The molecule has 15 heavy (non-hydrogen) atoms. The van der Waals surface area contributed by atoms with Crippen LogP contribution in [0.3, 0.4) is 0 Å². The number of aryl methyl sites for hydroxylation is 1. The van der Waals surface area contributed by atoms with Gasteiger partial charge < -0.3 is 5.11 Å². The Bertz CT molecular complexity index is 410. The van der Waals surface area contributed by atoms with E-state index in [1.807, 2.05) is 12.1 Å². The maximum Gasteiger partial charge on any atom is 0.307 e. The molecule has 1 aromatic carbocycles. The Labute approximate surface area is 96.5 Å². The number of nitriles is 1. The number of halogens is 1. The van der Waals surface area contributed by atoms with Crippen molar-refractivity contribution < 1.29 is 9.90 Å². The van der Waals surface area contributed by atoms with Gasteiger partial charge in [0.15, 0.2) is 0 Å². The molecule has 0 atom stereocenters. The molecule has 0 spiro atoms. The number of benzene rings is 1. The number of carboxylic acids is 1. The van der Waals surface area contributed by atoms with Crippen LogP contribution >= 0.6 is 15.9 Å². The van der Waals surface area contributed by atoms with Crippen LogP contribution < -0.4 is 0 Å². The van der Waals surface area contributed by atoms with E-state index >= 15 is 0 Å². The van der Waals surface area contributed by atoms with Crippen LogP contribution in [-0.4, -0.2) is 11.1 Å². The average Bonchev–Trinajstić information content (AvgIpc) is 2.12. The van der Waals surface area contributed by atoms with Crippen molar-refractivity contribution >= 4 is 21.9 Å². The van der Waals surface area contributed by atoms with E-state index in [-0.39, 0.29) is 6.42 Å². The summed E-state index contributed by atoms with van der Waals surface area (Å²) in [5.74, 6) is -0.848. The van der Waals surface area contributed by atoms with Crippen LogP contribution in [0.5, 0.6) is 0 Å². The van der Waals surface area contributed by atoms with Crippen LogP contribution in [-0.2, 0) is 17.6 Å². The van der Waals surface area contributed by atoms with Gasteiger partial charge in [0.05, 0.1) is 12.5 Å². The molecule has 0 aromatic heterocycles. The van der Waals surface area contributed by atoms with Gasteiger partial charge in [0.2, 0.25) is 0 Å². The third-order valence-corrected chi connectivity index (χ3v) is 2.36. The summed E-state index contributed by atoms with van der Waals surface area (Å²) in [7, 11) is 0. The highest BCUT2D eigenvalue weighted by Gasteiger charge is 2.03. The first kappa shape index (κ1) is 11.7. The molecule has 0 saturated carbocycles. The van der Waals surface area contributed by atoms with Gasteiger partial charge in [-0.3, -0.25) is 4.79 Å². The topological polar surface area (TPSA) is 61.1 Å². The Morgan fingerprint density at radius 3 is 2.67 bits per heavy atom. The summed E-state index contributed by atoms with van der Waals surface area (Å²) < 4.78 is 0.856. The van der Waals surface area contributed by atoms with Crippen LogP contribution in [0.2, 0.25) is 0 Å². The smallest absolute Gasteiger partial charge is 0.307 e. The van der Waals surface area contributed by atoms with E-state index in [2.05, 4.69) is 22.0 Å². The second kappa shape index (κ2) is 5.52.